The van der Waals surface area contributed by atoms with E-state index in [9.17, 15) is 0 Å². The van der Waals surface area contributed by atoms with E-state index in [4.69, 9.17) is 5.73 Å². The van der Waals surface area contributed by atoms with Crippen molar-refractivity contribution >= 4 is 11.8 Å². The summed E-state index contributed by atoms with van der Waals surface area (Å²) in [6.45, 7) is 0.885. The minimum Gasteiger partial charge on any atom is -0.330 e. The van der Waals surface area contributed by atoms with Crippen molar-refractivity contribution in [1.29, 1.82) is 0 Å². The molecule has 20 heavy (non-hydrogen) atoms. The van der Waals surface area contributed by atoms with Crippen LogP contribution in [0.3, 0.4) is 0 Å². The zero-order chi connectivity index (χ0) is 13.8. The van der Waals surface area contributed by atoms with E-state index >= 15 is 0 Å². The summed E-state index contributed by atoms with van der Waals surface area (Å²) < 4.78 is 0. The van der Waals surface area contributed by atoms with Crippen LogP contribution in [-0.4, -0.2) is 12.3 Å². The Labute approximate surface area is 127 Å². The average molecular weight is 289 g/mol. The van der Waals surface area contributed by atoms with Crippen LogP contribution in [0.4, 0.5) is 0 Å². The number of thioether (sulfide) groups is 1. The van der Waals surface area contributed by atoms with Crippen molar-refractivity contribution in [3.63, 3.8) is 0 Å². The second kappa shape index (κ2) is 6.53. The highest BCUT2D eigenvalue weighted by molar-refractivity contribution is 7.99. The molecule has 1 atom stereocenters. The number of fused-ring (bicyclic) bond motifs is 1. The molecule has 2 heteroatoms. The first-order valence-electron chi connectivity index (χ1n) is 8.25. The molecule has 1 aromatic rings. The third-order valence-corrected chi connectivity index (χ3v) is 6.58. The van der Waals surface area contributed by atoms with E-state index in [1.54, 1.807) is 5.56 Å². The number of benzene rings is 1. The molecule has 0 bridgehead atoms. The van der Waals surface area contributed by atoms with Gasteiger partial charge in [0.05, 0.1) is 0 Å². The summed E-state index contributed by atoms with van der Waals surface area (Å²) >= 11 is 2.04. The van der Waals surface area contributed by atoms with Gasteiger partial charge in [0.1, 0.15) is 0 Å². The third kappa shape index (κ3) is 3.07. The van der Waals surface area contributed by atoms with E-state index < -0.39 is 0 Å². The monoisotopic (exact) mass is 289 g/mol. The van der Waals surface area contributed by atoms with Gasteiger partial charge in [-0.05, 0) is 48.8 Å². The van der Waals surface area contributed by atoms with Gasteiger partial charge in [-0.2, -0.15) is 0 Å². The van der Waals surface area contributed by atoms with E-state index in [-0.39, 0.29) is 0 Å². The van der Waals surface area contributed by atoms with E-state index in [0.29, 0.717) is 5.41 Å². The molecule has 2 aliphatic rings. The van der Waals surface area contributed by atoms with Crippen LogP contribution in [0.2, 0.25) is 0 Å². The summed E-state index contributed by atoms with van der Waals surface area (Å²) in [6, 6.07) is 8.99. The quantitative estimate of drug-likeness (QED) is 0.851. The molecule has 0 saturated heterocycles. The lowest BCUT2D eigenvalue weighted by Crippen LogP contribution is -2.33. The third-order valence-electron chi connectivity index (χ3n) is 5.33. The highest BCUT2D eigenvalue weighted by atomic mass is 32.2. The van der Waals surface area contributed by atoms with E-state index in [2.05, 4.69) is 24.3 Å². The number of nitrogens with two attached hydrogens (primary N) is 1. The van der Waals surface area contributed by atoms with Crippen LogP contribution < -0.4 is 5.73 Å². The molecular formula is C18H27NS. The predicted octanol–water partition coefficient (Wildman–Crippen LogP) is 4.96. The van der Waals surface area contributed by atoms with Crippen LogP contribution >= 0.6 is 11.8 Å². The van der Waals surface area contributed by atoms with Gasteiger partial charge in [-0.25, -0.2) is 0 Å². The Bertz CT molecular complexity index is 435. The Balaban J connectivity index is 1.74. The SMILES string of the molecule is NCC1(CC2CSc3ccccc32)CCCCCCC1. The molecule has 0 spiro atoms. The summed E-state index contributed by atoms with van der Waals surface area (Å²) in [5.74, 6) is 2.00. The lowest BCUT2D eigenvalue weighted by molar-refractivity contribution is 0.190. The van der Waals surface area contributed by atoms with E-state index in [1.165, 1.54) is 62.0 Å². The Kier molecular flexibility index (Phi) is 4.72. The Morgan fingerprint density at radius 2 is 1.75 bits per heavy atom. The summed E-state index contributed by atoms with van der Waals surface area (Å²) in [5.41, 5.74) is 8.26. The zero-order valence-electron chi connectivity index (χ0n) is 12.4. The van der Waals surface area contributed by atoms with Crippen molar-refractivity contribution in [3.05, 3.63) is 29.8 Å². The molecule has 0 radical (unpaired) electrons. The summed E-state index contributed by atoms with van der Waals surface area (Å²) in [5, 5.41) is 0. The molecule has 1 nitrogen and oxygen atoms in total. The summed E-state index contributed by atoms with van der Waals surface area (Å²) in [4.78, 5) is 1.51. The van der Waals surface area contributed by atoms with Crippen LogP contribution in [0.1, 0.15) is 62.8 Å². The second-order valence-corrected chi connectivity index (χ2v) is 7.78. The maximum atomic E-state index is 6.25. The topological polar surface area (TPSA) is 26.0 Å². The van der Waals surface area contributed by atoms with Gasteiger partial charge >= 0.3 is 0 Å². The molecule has 0 amide bonds. The van der Waals surface area contributed by atoms with Crippen LogP contribution in [0.5, 0.6) is 0 Å². The molecule has 1 saturated carbocycles. The standard InChI is InChI=1S/C18H27NS/c19-14-18(10-6-2-1-3-7-11-18)12-15-13-20-17-9-5-4-8-16(15)17/h4-5,8-9,15H,1-3,6-7,10-14,19H2. The lowest BCUT2D eigenvalue weighted by atomic mass is 9.70. The Hall–Kier alpha value is -0.470. The highest BCUT2D eigenvalue weighted by Gasteiger charge is 2.34. The van der Waals surface area contributed by atoms with Gasteiger partial charge in [-0.1, -0.05) is 50.3 Å². The molecule has 1 aliphatic heterocycles. The van der Waals surface area contributed by atoms with E-state index in [1.807, 2.05) is 11.8 Å². The average Bonchev–Trinajstić information content (AvgIpc) is 2.85. The molecule has 1 unspecified atom stereocenters. The summed E-state index contributed by atoms with van der Waals surface area (Å²) in [6.07, 6.45) is 11.1. The van der Waals surface area contributed by atoms with Gasteiger partial charge in [0, 0.05) is 10.6 Å². The van der Waals surface area contributed by atoms with Crippen molar-refractivity contribution in [3.8, 4) is 0 Å². The van der Waals surface area contributed by atoms with Crippen LogP contribution in [-0.2, 0) is 0 Å². The van der Waals surface area contributed by atoms with Gasteiger partial charge < -0.3 is 5.73 Å². The van der Waals surface area contributed by atoms with Crippen LogP contribution in [0.25, 0.3) is 0 Å². The van der Waals surface area contributed by atoms with Gasteiger partial charge in [0.2, 0.25) is 0 Å². The molecule has 1 aliphatic carbocycles. The largest absolute Gasteiger partial charge is 0.330 e. The van der Waals surface area contributed by atoms with Crippen molar-refractivity contribution in [1.82, 2.24) is 0 Å². The molecule has 1 fully saturated rings. The predicted molar refractivity (Wildman–Crippen MR) is 88.3 cm³/mol. The maximum Gasteiger partial charge on any atom is 0.0107 e. The molecule has 0 aromatic heterocycles. The van der Waals surface area contributed by atoms with Crippen LogP contribution in [0.15, 0.2) is 29.2 Å². The molecule has 1 heterocycles. The van der Waals surface area contributed by atoms with Crippen LogP contribution in [0, 0.1) is 5.41 Å². The van der Waals surface area contributed by atoms with E-state index in [0.717, 1.165) is 12.5 Å². The Morgan fingerprint density at radius 3 is 2.50 bits per heavy atom. The minimum atomic E-state index is 0.420. The fourth-order valence-electron chi connectivity index (χ4n) is 4.07. The zero-order valence-corrected chi connectivity index (χ0v) is 13.3. The first-order chi connectivity index (χ1) is 9.83. The molecule has 2 N–H and O–H groups in total. The molecule has 1 aromatic carbocycles. The minimum absolute atomic E-state index is 0.420. The number of hydrogen-bond acceptors (Lipinski definition) is 2. The lowest BCUT2D eigenvalue weighted by Gasteiger charge is -2.36. The first kappa shape index (κ1) is 14.5. The fraction of sp³-hybridized carbons (Fsp3) is 0.667. The van der Waals surface area contributed by atoms with Gasteiger partial charge in [0.25, 0.3) is 0 Å². The van der Waals surface area contributed by atoms with Gasteiger partial charge in [0.15, 0.2) is 0 Å². The maximum absolute atomic E-state index is 6.25. The highest BCUT2D eigenvalue weighted by Crippen LogP contribution is 2.48. The first-order valence-corrected chi connectivity index (χ1v) is 9.23. The molecule has 3 rings (SSSR count). The molecular weight excluding hydrogens is 262 g/mol. The number of rotatable bonds is 3. The smallest absolute Gasteiger partial charge is 0.0107 e. The second-order valence-electron chi connectivity index (χ2n) is 6.72. The van der Waals surface area contributed by atoms with Crippen molar-refractivity contribution in [2.24, 2.45) is 11.1 Å². The van der Waals surface area contributed by atoms with Gasteiger partial charge in [-0.3, -0.25) is 0 Å². The normalized spacial score (nSPS) is 25.8. The summed E-state index contributed by atoms with van der Waals surface area (Å²) in [7, 11) is 0. The number of hydrogen-bond donors (Lipinski definition) is 1. The van der Waals surface area contributed by atoms with Crippen molar-refractivity contribution in [2.75, 3.05) is 12.3 Å². The Morgan fingerprint density at radius 1 is 1.05 bits per heavy atom. The molecule has 110 valence electrons. The van der Waals surface area contributed by atoms with Crippen molar-refractivity contribution in [2.45, 2.75) is 62.2 Å². The van der Waals surface area contributed by atoms with Crippen molar-refractivity contribution < 1.29 is 0 Å². The van der Waals surface area contributed by atoms with Gasteiger partial charge in [-0.15, -0.1) is 11.8 Å². The fourth-order valence-corrected chi connectivity index (χ4v) is 5.32.